The fourth-order valence-electron chi connectivity index (χ4n) is 1.07. The van der Waals surface area contributed by atoms with E-state index in [1.807, 2.05) is 0 Å². The summed E-state index contributed by atoms with van der Waals surface area (Å²) in [6.07, 6.45) is 3.01. The van der Waals surface area contributed by atoms with E-state index < -0.39 is 0 Å². The molecule has 12 heavy (non-hydrogen) atoms. The molecule has 0 atom stereocenters. The Morgan fingerprint density at radius 3 is 2.58 bits per heavy atom. The van der Waals surface area contributed by atoms with E-state index in [-0.39, 0.29) is 4.58 Å². The van der Waals surface area contributed by atoms with Gasteiger partial charge in [-0.25, -0.2) is 0 Å². The third kappa shape index (κ3) is 2.96. The molecular formula is C9H12S3. The maximum absolute atomic E-state index is 4.25. The van der Waals surface area contributed by atoms with Crippen LogP contribution in [0.2, 0.25) is 0 Å². The van der Waals surface area contributed by atoms with E-state index >= 15 is 0 Å². The molecule has 0 amide bonds. The SMILES string of the molecule is CSc1ccccc1CC(S)S. The van der Waals surface area contributed by atoms with Gasteiger partial charge in [-0.3, -0.25) is 0 Å². The molecule has 1 rings (SSSR count). The van der Waals surface area contributed by atoms with E-state index in [9.17, 15) is 0 Å². The minimum Gasteiger partial charge on any atom is -0.165 e. The van der Waals surface area contributed by atoms with E-state index in [0.717, 1.165) is 6.42 Å². The van der Waals surface area contributed by atoms with E-state index in [0.29, 0.717) is 0 Å². The number of hydrogen-bond acceptors (Lipinski definition) is 3. The van der Waals surface area contributed by atoms with Crippen LogP contribution >= 0.6 is 37.0 Å². The maximum atomic E-state index is 4.25. The topological polar surface area (TPSA) is 0 Å². The van der Waals surface area contributed by atoms with Crippen LogP contribution in [0.25, 0.3) is 0 Å². The van der Waals surface area contributed by atoms with Gasteiger partial charge in [-0.1, -0.05) is 18.2 Å². The molecule has 0 spiro atoms. The Morgan fingerprint density at radius 2 is 2.00 bits per heavy atom. The molecule has 1 aromatic carbocycles. The molecule has 0 aliphatic heterocycles. The van der Waals surface area contributed by atoms with Crippen LogP contribution in [0.5, 0.6) is 0 Å². The Bertz CT molecular complexity index is 245. The minimum atomic E-state index is 0.137. The molecule has 0 nitrogen and oxygen atoms in total. The highest BCUT2D eigenvalue weighted by molar-refractivity contribution is 7.99. The van der Waals surface area contributed by atoms with Crippen molar-refractivity contribution < 1.29 is 0 Å². The quantitative estimate of drug-likeness (QED) is 0.445. The Balaban J connectivity index is 2.82. The number of rotatable bonds is 3. The molecule has 0 fully saturated rings. The van der Waals surface area contributed by atoms with Crippen molar-refractivity contribution in [2.45, 2.75) is 15.9 Å². The average Bonchev–Trinajstić information content (AvgIpc) is 2.04. The first kappa shape index (κ1) is 10.4. The van der Waals surface area contributed by atoms with E-state index in [1.54, 1.807) is 11.8 Å². The predicted octanol–water partition coefficient (Wildman–Crippen LogP) is 3.14. The first-order valence-corrected chi connectivity index (χ1v) is 5.98. The van der Waals surface area contributed by atoms with Gasteiger partial charge in [0.15, 0.2) is 0 Å². The second kappa shape index (κ2) is 5.10. The maximum Gasteiger partial charge on any atom is 0.0482 e. The van der Waals surface area contributed by atoms with Crippen molar-refractivity contribution in [2.75, 3.05) is 6.26 Å². The Morgan fingerprint density at radius 1 is 1.33 bits per heavy atom. The summed E-state index contributed by atoms with van der Waals surface area (Å²) in [6, 6.07) is 8.37. The van der Waals surface area contributed by atoms with Gasteiger partial charge in [-0.2, -0.15) is 25.3 Å². The number of thiol groups is 2. The molecule has 0 heterocycles. The molecule has 0 saturated heterocycles. The van der Waals surface area contributed by atoms with E-state index in [1.165, 1.54) is 10.5 Å². The van der Waals surface area contributed by atoms with Gasteiger partial charge in [0.2, 0.25) is 0 Å². The molecular weight excluding hydrogens is 204 g/mol. The fourth-order valence-corrected chi connectivity index (χ4v) is 2.09. The summed E-state index contributed by atoms with van der Waals surface area (Å²) in [7, 11) is 0. The summed E-state index contributed by atoms with van der Waals surface area (Å²) in [4.78, 5) is 1.32. The largest absolute Gasteiger partial charge is 0.165 e. The third-order valence-electron chi connectivity index (χ3n) is 1.60. The molecule has 3 heteroatoms. The minimum absolute atomic E-state index is 0.137. The van der Waals surface area contributed by atoms with Crippen molar-refractivity contribution in [1.82, 2.24) is 0 Å². The van der Waals surface area contributed by atoms with Crippen LogP contribution in [0, 0.1) is 0 Å². The zero-order valence-corrected chi connectivity index (χ0v) is 9.50. The summed E-state index contributed by atoms with van der Waals surface area (Å²) >= 11 is 10.3. The number of thioether (sulfide) groups is 1. The lowest BCUT2D eigenvalue weighted by molar-refractivity contribution is 1.07. The van der Waals surface area contributed by atoms with Crippen molar-refractivity contribution in [2.24, 2.45) is 0 Å². The van der Waals surface area contributed by atoms with Crippen LogP contribution in [0.3, 0.4) is 0 Å². The van der Waals surface area contributed by atoms with Crippen LogP contribution < -0.4 is 0 Å². The predicted molar refractivity (Wildman–Crippen MR) is 63.7 cm³/mol. The highest BCUT2D eigenvalue weighted by Gasteiger charge is 2.02. The van der Waals surface area contributed by atoms with Gasteiger partial charge < -0.3 is 0 Å². The number of hydrogen-bond donors (Lipinski definition) is 2. The van der Waals surface area contributed by atoms with E-state index in [2.05, 4.69) is 55.8 Å². The normalized spacial score (nSPS) is 10.7. The second-order valence-electron chi connectivity index (χ2n) is 2.50. The first-order chi connectivity index (χ1) is 5.74. The lowest BCUT2D eigenvalue weighted by atomic mass is 10.2. The molecule has 0 aliphatic carbocycles. The van der Waals surface area contributed by atoms with E-state index in [4.69, 9.17) is 0 Å². The molecule has 0 saturated carbocycles. The summed E-state index contributed by atoms with van der Waals surface area (Å²) in [5.74, 6) is 0. The van der Waals surface area contributed by atoms with Crippen molar-refractivity contribution in [1.29, 1.82) is 0 Å². The lowest BCUT2D eigenvalue weighted by Crippen LogP contribution is -1.95. The molecule has 1 aromatic rings. The zero-order valence-electron chi connectivity index (χ0n) is 6.90. The summed E-state index contributed by atoms with van der Waals surface area (Å²) < 4.78 is 0.137. The summed E-state index contributed by atoms with van der Waals surface area (Å²) in [5.41, 5.74) is 1.33. The molecule has 66 valence electrons. The van der Waals surface area contributed by atoms with Gasteiger partial charge in [0.25, 0.3) is 0 Å². The van der Waals surface area contributed by atoms with Crippen molar-refractivity contribution in [3.05, 3.63) is 29.8 Å². The van der Waals surface area contributed by atoms with Crippen molar-refractivity contribution >= 4 is 37.0 Å². The smallest absolute Gasteiger partial charge is 0.0482 e. The van der Waals surface area contributed by atoms with Crippen LogP contribution in [0.15, 0.2) is 29.2 Å². The average molecular weight is 216 g/mol. The lowest BCUT2D eigenvalue weighted by Gasteiger charge is -2.07. The molecule has 0 aliphatic rings. The Hall–Kier alpha value is 0.270. The third-order valence-corrected chi connectivity index (χ3v) is 2.80. The van der Waals surface area contributed by atoms with Gasteiger partial charge in [0, 0.05) is 9.48 Å². The molecule has 0 aromatic heterocycles. The van der Waals surface area contributed by atoms with Crippen molar-refractivity contribution in [3.63, 3.8) is 0 Å². The molecule has 0 unspecified atom stereocenters. The first-order valence-electron chi connectivity index (χ1n) is 3.72. The van der Waals surface area contributed by atoms with Crippen LogP contribution in [0.4, 0.5) is 0 Å². The van der Waals surface area contributed by atoms with Crippen LogP contribution in [-0.2, 0) is 6.42 Å². The van der Waals surface area contributed by atoms with Gasteiger partial charge >= 0.3 is 0 Å². The van der Waals surface area contributed by atoms with Crippen LogP contribution in [0.1, 0.15) is 5.56 Å². The van der Waals surface area contributed by atoms with Crippen molar-refractivity contribution in [3.8, 4) is 0 Å². The molecule has 0 bridgehead atoms. The standard InChI is InChI=1S/C9H12S3/c1-12-8-5-3-2-4-7(8)6-9(10)11/h2-5,9-11H,6H2,1H3. The zero-order chi connectivity index (χ0) is 8.97. The highest BCUT2D eigenvalue weighted by atomic mass is 32.2. The van der Waals surface area contributed by atoms with Gasteiger partial charge in [-0.15, -0.1) is 11.8 Å². The summed E-state index contributed by atoms with van der Waals surface area (Å²) in [6.45, 7) is 0. The fraction of sp³-hybridized carbons (Fsp3) is 0.333. The second-order valence-corrected chi connectivity index (χ2v) is 5.00. The van der Waals surface area contributed by atoms with Gasteiger partial charge in [0.05, 0.1) is 0 Å². The Kier molecular flexibility index (Phi) is 4.40. The molecule has 0 radical (unpaired) electrons. The van der Waals surface area contributed by atoms with Crippen LogP contribution in [-0.4, -0.2) is 10.8 Å². The summed E-state index contributed by atoms with van der Waals surface area (Å²) in [5, 5.41) is 0. The number of benzene rings is 1. The monoisotopic (exact) mass is 216 g/mol. The van der Waals surface area contributed by atoms with Gasteiger partial charge in [-0.05, 0) is 24.3 Å². The highest BCUT2D eigenvalue weighted by Crippen LogP contribution is 2.22. The Labute approximate surface area is 89.0 Å². The molecule has 0 N–H and O–H groups in total. The van der Waals surface area contributed by atoms with Gasteiger partial charge in [0.1, 0.15) is 0 Å².